The van der Waals surface area contributed by atoms with Gasteiger partial charge in [-0.1, -0.05) is 23.7 Å². The zero-order valence-electron chi connectivity index (χ0n) is 18.2. The van der Waals surface area contributed by atoms with Crippen LogP contribution in [0.5, 0.6) is 5.75 Å². The van der Waals surface area contributed by atoms with Gasteiger partial charge in [0.1, 0.15) is 11.8 Å². The quantitative estimate of drug-likeness (QED) is 0.627. The van der Waals surface area contributed by atoms with Gasteiger partial charge >= 0.3 is 0 Å². The number of halogens is 1. The molecular weight excluding hydrogens is 416 g/mol. The highest BCUT2D eigenvalue weighted by Gasteiger charge is 2.47. The van der Waals surface area contributed by atoms with Gasteiger partial charge < -0.3 is 9.64 Å². The van der Waals surface area contributed by atoms with Crippen molar-refractivity contribution in [2.24, 2.45) is 0 Å². The van der Waals surface area contributed by atoms with Crippen LogP contribution in [-0.2, 0) is 20.8 Å². The number of carbonyl (C=O) groups excluding carboxylic acids is 3. The van der Waals surface area contributed by atoms with Crippen molar-refractivity contribution in [1.82, 2.24) is 4.90 Å². The number of hydrogen-bond acceptors (Lipinski definition) is 4. The van der Waals surface area contributed by atoms with E-state index in [2.05, 4.69) is 0 Å². The summed E-state index contributed by atoms with van der Waals surface area (Å²) in [4.78, 5) is 42.0. The second-order valence-electron chi connectivity index (χ2n) is 8.45. The van der Waals surface area contributed by atoms with Crippen molar-refractivity contribution < 1.29 is 19.1 Å². The Morgan fingerprint density at radius 3 is 2.26 bits per heavy atom. The van der Waals surface area contributed by atoms with E-state index in [1.165, 1.54) is 4.90 Å². The summed E-state index contributed by atoms with van der Waals surface area (Å²) in [5.41, 5.74) is 0.627. The van der Waals surface area contributed by atoms with Crippen LogP contribution in [0.2, 0.25) is 5.02 Å². The van der Waals surface area contributed by atoms with E-state index >= 15 is 0 Å². The molecule has 31 heavy (non-hydrogen) atoms. The van der Waals surface area contributed by atoms with Crippen molar-refractivity contribution in [3.8, 4) is 5.75 Å². The van der Waals surface area contributed by atoms with E-state index in [1.807, 2.05) is 27.7 Å². The molecule has 1 aliphatic heterocycles. The first kappa shape index (κ1) is 22.8. The normalized spacial score (nSPS) is 16.5. The van der Waals surface area contributed by atoms with Crippen LogP contribution >= 0.6 is 11.6 Å². The molecule has 1 fully saturated rings. The number of hydrogen-bond donors (Lipinski definition) is 0. The molecule has 7 heteroatoms. The molecule has 3 rings (SSSR count). The van der Waals surface area contributed by atoms with Gasteiger partial charge in [0, 0.05) is 10.6 Å². The fraction of sp³-hybridized carbons (Fsp3) is 0.375. The first-order valence-electron chi connectivity index (χ1n) is 10.3. The molecule has 164 valence electrons. The second-order valence-corrected chi connectivity index (χ2v) is 8.89. The lowest BCUT2D eigenvalue weighted by Gasteiger charge is -2.39. The predicted molar refractivity (Wildman–Crippen MR) is 120 cm³/mol. The average Bonchev–Trinajstić information content (AvgIpc) is 2.97. The molecule has 0 saturated carbocycles. The fourth-order valence-corrected chi connectivity index (χ4v) is 3.95. The summed E-state index contributed by atoms with van der Waals surface area (Å²) in [5.74, 6) is -0.271. The highest BCUT2D eigenvalue weighted by atomic mass is 35.5. The van der Waals surface area contributed by atoms with Gasteiger partial charge in [-0.3, -0.25) is 14.4 Å². The van der Waals surface area contributed by atoms with Crippen LogP contribution in [-0.4, -0.2) is 40.8 Å². The summed E-state index contributed by atoms with van der Waals surface area (Å²) < 4.78 is 5.43. The largest absolute Gasteiger partial charge is 0.494 e. The predicted octanol–water partition coefficient (Wildman–Crippen LogP) is 4.24. The number of carbonyl (C=O) groups is 3. The molecule has 6 nitrogen and oxygen atoms in total. The lowest BCUT2D eigenvalue weighted by atomic mass is 9.99. The van der Waals surface area contributed by atoms with Gasteiger partial charge in [0.05, 0.1) is 25.1 Å². The molecule has 0 bridgehead atoms. The van der Waals surface area contributed by atoms with Gasteiger partial charge in [0.25, 0.3) is 5.91 Å². The third-order valence-corrected chi connectivity index (χ3v) is 5.35. The van der Waals surface area contributed by atoms with E-state index in [4.69, 9.17) is 16.3 Å². The van der Waals surface area contributed by atoms with Crippen molar-refractivity contribution in [3.63, 3.8) is 0 Å². The smallest absolute Gasteiger partial charge is 0.257 e. The minimum Gasteiger partial charge on any atom is -0.494 e. The van der Waals surface area contributed by atoms with Crippen LogP contribution in [0.4, 0.5) is 5.69 Å². The molecule has 1 unspecified atom stereocenters. The van der Waals surface area contributed by atoms with Crippen LogP contribution in [0.3, 0.4) is 0 Å². The summed E-state index contributed by atoms with van der Waals surface area (Å²) in [6, 6.07) is 13.0. The Labute approximate surface area is 187 Å². The molecule has 0 spiro atoms. The zero-order valence-corrected chi connectivity index (χ0v) is 19.0. The second kappa shape index (κ2) is 9.10. The summed E-state index contributed by atoms with van der Waals surface area (Å²) in [6.07, 6.45) is 0.0745. The molecule has 1 saturated heterocycles. The maximum absolute atomic E-state index is 13.3. The Balaban J connectivity index is 1.85. The van der Waals surface area contributed by atoms with Crippen LogP contribution in [0.15, 0.2) is 48.5 Å². The van der Waals surface area contributed by atoms with Crippen molar-refractivity contribution in [3.05, 3.63) is 59.1 Å². The Hall–Kier alpha value is -2.86. The highest BCUT2D eigenvalue weighted by molar-refractivity contribution is 6.30. The monoisotopic (exact) mass is 442 g/mol. The Kier molecular flexibility index (Phi) is 6.70. The van der Waals surface area contributed by atoms with Crippen molar-refractivity contribution in [2.45, 2.75) is 52.1 Å². The van der Waals surface area contributed by atoms with Gasteiger partial charge in [0.15, 0.2) is 0 Å². The maximum Gasteiger partial charge on any atom is 0.257 e. The standard InChI is InChI=1S/C24H27ClN2O4/c1-5-31-19-12-10-18(11-13-19)26-21(28)15-20(23(26)30)27(24(2,3)4)22(29)14-16-6-8-17(25)9-7-16/h6-13,20H,5,14-15H2,1-4H3. The van der Waals surface area contributed by atoms with E-state index in [0.717, 1.165) is 10.5 Å². The maximum atomic E-state index is 13.3. The van der Waals surface area contributed by atoms with Gasteiger partial charge in [-0.15, -0.1) is 0 Å². The lowest BCUT2D eigenvalue weighted by Crippen LogP contribution is -2.55. The van der Waals surface area contributed by atoms with Crippen molar-refractivity contribution in [2.75, 3.05) is 11.5 Å². The van der Waals surface area contributed by atoms with Crippen LogP contribution < -0.4 is 9.64 Å². The van der Waals surface area contributed by atoms with Crippen molar-refractivity contribution in [1.29, 1.82) is 0 Å². The highest BCUT2D eigenvalue weighted by Crippen LogP contribution is 2.31. The minimum absolute atomic E-state index is 0.0460. The third-order valence-electron chi connectivity index (χ3n) is 5.10. The first-order valence-corrected chi connectivity index (χ1v) is 10.7. The van der Waals surface area contributed by atoms with Crippen LogP contribution in [0.1, 0.15) is 39.7 Å². The number of nitrogens with zero attached hydrogens (tertiary/aromatic N) is 2. The number of rotatable bonds is 6. The van der Waals surface area contributed by atoms with Crippen molar-refractivity contribution >= 4 is 35.0 Å². The number of ether oxygens (including phenoxy) is 1. The summed E-state index contributed by atoms with van der Waals surface area (Å²) in [7, 11) is 0. The molecule has 0 N–H and O–H groups in total. The van der Waals surface area contributed by atoms with E-state index in [1.54, 1.807) is 48.5 Å². The first-order chi connectivity index (χ1) is 14.6. The Bertz CT molecular complexity index is 965. The van der Waals surface area contributed by atoms with Gasteiger partial charge in [-0.05, 0) is 69.7 Å². The zero-order chi connectivity index (χ0) is 22.8. The lowest BCUT2D eigenvalue weighted by molar-refractivity contribution is -0.143. The molecule has 2 aromatic rings. The van der Waals surface area contributed by atoms with E-state index in [9.17, 15) is 14.4 Å². The van der Waals surface area contributed by atoms with E-state index in [0.29, 0.717) is 23.1 Å². The average molecular weight is 443 g/mol. The molecule has 2 aromatic carbocycles. The summed E-state index contributed by atoms with van der Waals surface area (Å²) in [6.45, 7) is 8.01. The molecule has 0 aromatic heterocycles. The van der Waals surface area contributed by atoms with Gasteiger partial charge in [0.2, 0.25) is 11.8 Å². The Morgan fingerprint density at radius 1 is 1.10 bits per heavy atom. The molecule has 0 radical (unpaired) electrons. The summed E-state index contributed by atoms with van der Waals surface area (Å²) in [5, 5.41) is 0.589. The number of benzene rings is 2. The topological polar surface area (TPSA) is 66.9 Å². The molecular formula is C24H27ClN2O4. The third kappa shape index (κ3) is 5.07. The SMILES string of the molecule is CCOc1ccc(N2C(=O)CC(N(C(=O)Cc3ccc(Cl)cc3)C(C)(C)C)C2=O)cc1. The van der Waals surface area contributed by atoms with Crippen LogP contribution in [0.25, 0.3) is 0 Å². The number of anilines is 1. The minimum atomic E-state index is -0.848. The van der Waals surface area contributed by atoms with E-state index < -0.39 is 17.5 Å². The number of imide groups is 1. The molecule has 1 aliphatic rings. The number of amides is 3. The molecule has 1 heterocycles. The summed E-state index contributed by atoms with van der Waals surface area (Å²) >= 11 is 5.93. The molecule has 3 amide bonds. The van der Waals surface area contributed by atoms with Gasteiger partial charge in [-0.25, -0.2) is 4.90 Å². The van der Waals surface area contributed by atoms with E-state index in [-0.39, 0.29) is 24.7 Å². The van der Waals surface area contributed by atoms with Crippen LogP contribution in [0, 0.1) is 0 Å². The fourth-order valence-electron chi connectivity index (χ4n) is 3.82. The Morgan fingerprint density at radius 2 is 1.71 bits per heavy atom. The molecule has 1 atom stereocenters. The molecule has 0 aliphatic carbocycles. The van der Waals surface area contributed by atoms with Gasteiger partial charge in [-0.2, -0.15) is 0 Å².